The van der Waals surface area contributed by atoms with E-state index in [1.54, 1.807) is 6.07 Å². The molecule has 1 heterocycles. The molecule has 1 aromatic carbocycles. The standard InChI is InChI=1S/C14H12FN3O2/c1-9(19)7-18-13-8-17-5-4-14(13)20-10-2-3-12(16)11(15)6-10/h2-8H,16H2,1H3. The minimum atomic E-state index is -0.564. The highest BCUT2D eigenvalue weighted by atomic mass is 19.1. The summed E-state index contributed by atoms with van der Waals surface area (Å²) in [4.78, 5) is 18.8. The van der Waals surface area contributed by atoms with E-state index in [0.717, 1.165) is 6.21 Å². The Kier molecular flexibility index (Phi) is 4.05. The number of nitrogen functional groups attached to an aromatic ring is 1. The normalized spacial score (nSPS) is 10.7. The molecular weight excluding hydrogens is 261 g/mol. The monoisotopic (exact) mass is 273 g/mol. The number of hydrogen-bond acceptors (Lipinski definition) is 5. The van der Waals surface area contributed by atoms with Crippen LogP contribution in [0.25, 0.3) is 0 Å². The number of halogens is 1. The summed E-state index contributed by atoms with van der Waals surface area (Å²) in [6, 6.07) is 5.69. The maximum absolute atomic E-state index is 13.3. The van der Waals surface area contributed by atoms with Crippen molar-refractivity contribution >= 4 is 23.4 Å². The first-order valence-electron chi connectivity index (χ1n) is 5.78. The molecule has 0 aliphatic rings. The number of rotatable bonds is 4. The molecule has 0 radical (unpaired) electrons. The number of nitrogens with zero attached hydrogens (tertiary/aromatic N) is 2. The van der Waals surface area contributed by atoms with Crippen LogP contribution in [0, 0.1) is 5.82 Å². The van der Waals surface area contributed by atoms with Gasteiger partial charge in [-0.3, -0.25) is 9.78 Å². The van der Waals surface area contributed by atoms with E-state index in [0.29, 0.717) is 11.4 Å². The number of carbonyl (C=O) groups is 1. The number of pyridine rings is 1. The fourth-order valence-corrected chi connectivity index (χ4v) is 1.42. The molecule has 1 aromatic heterocycles. The van der Waals surface area contributed by atoms with Gasteiger partial charge in [0.05, 0.1) is 18.1 Å². The smallest absolute Gasteiger partial charge is 0.170 e. The Morgan fingerprint density at radius 1 is 1.45 bits per heavy atom. The number of carbonyl (C=O) groups excluding carboxylic acids is 1. The van der Waals surface area contributed by atoms with E-state index < -0.39 is 5.82 Å². The van der Waals surface area contributed by atoms with Crippen LogP contribution in [0.15, 0.2) is 41.7 Å². The summed E-state index contributed by atoms with van der Waals surface area (Å²) in [5.41, 5.74) is 5.81. The van der Waals surface area contributed by atoms with E-state index >= 15 is 0 Å². The van der Waals surface area contributed by atoms with Crippen molar-refractivity contribution < 1.29 is 13.9 Å². The Labute approximate surface area is 114 Å². The van der Waals surface area contributed by atoms with Crippen LogP contribution in [0.5, 0.6) is 11.5 Å². The van der Waals surface area contributed by atoms with Gasteiger partial charge < -0.3 is 10.5 Å². The Morgan fingerprint density at radius 3 is 2.95 bits per heavy atom. The van der Waals surface area contributed by atoms with Crippen molar-refractivity contribution in [3.05, 3.63) is 42.5 Å². The summed E-state index contributed by atoms with van der Waals surface area (Å²) < 4.78 is 18.9. The van der Waals surface area contributed by atoms with Gasteiger partial charge in [0, 0.05) is 25.3 Å². The predicted octanol–water partition coefficient (Wildman–Crippen LogP) is 2.89. The first kappa shape index (κ1) is 13.7. The predicted molar refractivity (Wildman–Crippen MR) is 74.0 cm³/mol. The highest BCUT2D eigenvalue weighted by Gasteiger charge is 2.06. The van der Waals surface area contributed by atoms with Crippen molar-refractivity contribution in [1.82, 2.24) is 4.98 Å². The number of ether oxygens (including phenoxy) is 1. The summed E-state index contributed by atoms with van der Waals surface area (Å²) in [6.07, 6.45) is 4.12. The average Bonchev–Trinajstić information content (AvgIpc) is 2.42. The molecule has 0 unspecified atom stereocenters. The molecule has 0 aliphatic heterocycles. The number of benzene rings is 1. The van der Waals surface area contributed by atoms with Gasteiger partial charge in [-0.1, -0.05) is 0 Å². The second-order valence-electron chi connectivity index (χ2n) is 4.00. The van der Waals surface area contributed by atoms with E-state index in [4.69, 9.17) is 10.5 Å². The molecule has 0 spiro atoms. The van der Waals surface area contributed by atoms with Crippen LogP contribution in [-0.4, -0.2) is 17.0 Å². The Hall–Kier alpha value is -2.76. The number of aromatic nitrogens is 1. The van der Waals surface area contributed by atoms with Crippen molar-refractivity contribution in [2.45, 2.75) is 6.92 Å². The second kappa shape index (κ2) is 5.92. The summed E-state index contributed by atoms with van der Waals surface area (Å²) >= 11 is 0. The molecule has 0 saturated carbocycles. The quantitative estimate of drug-likeness (QED) is 0.686. The highest BCUT2D eigenvalue weighted by molar-refractivity contribution is 6.26. The van der Waals surface area contributed by atoms with Gasteiger partial charge in [0.25, 0.3) is 0 Å². The molecule has 102 valence electrons. The molecule has 0 fully saturated rings. The largest absolute Gasteiger partial charge is 0.455 e. The fraction of sp³-hybridized carbons (Fsp3) is 0.0714. The van der Waals surface area contributed by atoms with Crippen LogP contribution >= 0.6 is 0 Å². The first-order chi connectivity index (χ1) is 9.56. The van der Waals surface area contributed by atoms with Gasteiger partial charge in [0.1, 0.15) is 17.3 Å². The van der Waals surface area contributed by atoms with E-state index in [2.05, 4.69) is 9.98 Å². The molecule has 0 atom stereocenters. The topological polar surface area (TPSA) is 77.6 Å². The van der Waals surface area contributed by atoms with Gasteiger partial charge in [0.2, 0.25) is 0 Å². The van der Waals surface area contributed by atoms with Crippen molar-refractivity contribution in [2.75, 3.05) is 5.73 Å². The van der Waals surface area contributed by atoms with Crippen LogP contribution in [0.3, 0.4) is 0 Å². The minimum Gasteiger partial charge on any atom is -0.455 e. The van der Waals surface area contributed by atoms with Crippen molar-refractivity contribution in [1.29, 1.82) is 0 Å². The molecule has 0 amide bonds. The van der Waals surface area contributed by atoms with Gasteiger partial charge in [-0.2, -0.15) is 0 Å². The molecule has 5 nitrogen and oxygen atoms in total. The van der Waals surface area contributed by atoms with Crippen LogP contribution < -0.4 is 10.5 Å². The first-order valence-corrected chi connectivity index (χ1v) is 5.78. The van der Waals surface area contributed by atoms with Crippen molar-refractivity contribution in [3.8, 4) is 11.5 Å². The van der Waals surface area contributed by atoms with E-state index in [1.807, 2.05) is 0 Å². The van der Waals surface area contributed by atoms with Crippen LogP contribution in [-0.2, 0) is 4.79 Å². The molecule has 0 saturated heterocycles. The molecule has 0 bridgehead atoms. The van der Waals surface area contributed by atoms with E-state index in [-0.39, 0.29) is 17.2 Å². The Morgan fingerprint density at radius 2 is 2.25 bits per heavy atom. The lowest BCUT2D eigenvalue weighted by Crippen LogP contribution is -1.93. The number of hydrogen-bond donors (Lipinski definition) is 1. The molecule has 6 heteroatoms. The van der Waals surface area contributed by atoms with Gasteiger partial charge in [-0.05, 0) is 12.1 Å². The third-order valence-corrected chi connectivity index (χ3v) is 2.35. The summed E-state index contributed by atoms with van der Waals surface area (Å²) in [6.45, 7) is 1.38. The highest BCUT2D eigenvalue weighted by Crippen LogP contribution is 2.31. The number of ketones is 1. The Balaban J connectivity index is 2.29. The number of Topliss-reactive ketones (excluding diaryl/α,β-unsaturated/α-hetero) is 1. The molecule has 20 heavy (non-hydrogen) atoms. The van der Waals surface area contributed by atoms with Crippen molar-refractivity contribution in [3.63, 3.8) is 0 Å². The van der Waals surface area contributed by atoms with Gasteiger partial charge in [-0.15, -0.1) is 0 Å². The van der Waals surface area contributed by atoms with Crippen molar-refractivity contribution in [2.24, 2.45) is 4.99 Å². The zero-order valence-electron chi connectivity index (χ0n) is 10.7. The lowest BCUT2D eigenvalue weighted by molar-refractivity contribution is -0.110. The lowest BCUT2D eigenvalue weighted by atomic mass is 10.3. The maximum atomic E-state index is 13.3. The molecule has 2 aromatic rings. The second-order valence-corrected chi connectivity index (χ2v) is 4.00. The number of nitrogens with two attached hydrogens (primary N) is 1. The van der Waals surface area contributed by atoms with Gasteiger partial charge in [0.15, 0.2) is 11.5 Å². The summed E-state index contributed by atoms with van der Waals surface area (Å²) in [7, 11) is 0. The molecule has 2 rings (SSSR count). The third-order valence-electron chi connectivity index (χ3n) is 2.35. The SMILES string of the molecule is CC(=O)C=Nc1cnccc1Oc1ccc(N)c(F)c1. The van der Waals surface area contributed by atoms with E-state index in [9.17, 15) is 9.18 Å². The summed E-state index contributed by atoms with van der Waals surface area (Å²) in [5, 5.41) is 0. The lowest BCUT2D eigenvalue weighted by Gasteiger charge is -2.08. The number of aliphatic imine (C=N–C) groups is 1. The zero-order valence-corrected chi connectivity index (χ0v) is 10.7. The van der Waals surface area contributed by atoms with Crippen LogP contribution in [0.2, 0.25) is 0 Å². The van der Waals surface area contributed by atoms with Gasteiger partial charge >= 0.3 is 0 Å². The third kappa shape index (κ3) is 3.38. The maximum Gasteiger partial charge on any atom is 0.170 e. The number of anilines is 1. The minimum absolute atomic E-state index is 0.0434. The van der Waals surface area contributed by atoms with Crippen LogP contribution in [0.1, 0.15) is 6.92 Å². The van der Waals surface area contributed by atoms with Gasteiger partial charge in [-0.25, -0.2) is 9.38 Å². The molecule has 0 aliphatic carbocycles. The molecular formula is C14H12FN3O2. The van der Waals surface area contributed by atoms with E-state index in [1.165, 1.54) is 37.5 Å². The molecule has 2 N–H and O–H groups in total. The zero-order chi connectivity index (χ0) is 14.5. The Bertz CT molecular complexity index is 671. The fourth-order valence-electron chi connectivity index (χ4n) is 1.42. The average molecular weight is 273 g/mol. The van der Waals surface area contributed by atoms with Crippen LogP contribution in [0.4, 0.5) is 15.8 Å². The summed E-state index contributed by atoms with van der Waals surface area (Å²) in [5.74, 6) is -0.118.